The van der Waals surface area contributed by atoms with Gasteiger partial charge in [-0.15, -0.1) is 0 Å². The molecule has 0 saturated carbocycles. The number of rotatable bonds is 5. The van der Waals surface area contributed by atoms with E-state index < -0.39 is 0 Å². The Morgan fingerprint density at radius 1 is 1.05 bits per heavy atom. The maximum absolute atomic E-state index is 11.3. The van der Waals surface area contributed by atoms with E-state index in [1.54, 1.807) is 7.11 Å². The molecule has 1 amide bonds. The van der Waals surface area contributed by atoms with Gasteiger partial charge in [-0.25, -0.2) is 0 Å². The summed E-state index contributed by atoms with van der Waals surface area (Å²) in [4.78, 5) is 11.3. The molecule has 19 heavy (non-hydrogen) atoms. The highest BCUT2D eigenvalue weighted by Crippen LogP contribution is 2.28. The topological polar surface area (TPSA) is 52.3 Å². The number of primary amides is 1. The third-order valence-corrected chi connectivity index (χ3v) is 3.13. The number of hydrogen-bond donors (Lipinski definition) is 1. The van der Waals surface area contributed by atoms with E-state index in [2.05, 4.69) is 0 Å². The molecule has 0 spiro atoms. The lowest BCUT2D eigenvalue weighted by Gasteiger charge is -2.16. The molecule has 3 nitrogen and oxygen atoms in total. The van der Waals surface area contributed by atoms with Crippen LogP contribution < -0.4 is 10.5 Å². The van der Waals surface area contributed by atoms with Gasteiger partial charge in [0.25, 0.3) is 0 Å². The standard InChI is InChI=1S/C16H17NO2/c1-19-14-9-7-13(8-10-14)15(11-16(17)18)12-5-3-2-4-6-12/h2-10,15H,11H2,1H3,(H2,17,18)/t15-/m1/s1. The fourth-order valence-corrected chi connectivity index (χ4v) is 2.15. The van der Waals surface area contributed by atoms with Crippen LogP contribution in [-0.4, -0.2) is 13.0 Å². The predicted molar refractivity (Wildman–Crippen MR) is 75.1 cm³/mol. The van der Waals surface area contributed by atoms with Gasteiger partial charge in [0.05, 0.1) is 7.11 Å². The van der Waals surface area contributed by atoms with E-state index in [0.717, 1.165) is 16.9 Å². The molecule has 0 aliphatic rings. The molecule has 0 fully saturated rings. The fraction of sp³-hybridized carbons (Fsp3) is 0.188. The van der Waals surface area contributed by atoms with Crippen molar-refractivity contribution in [3.05, 3.63) is 65.7 Å². The van der Waals surface area contributed by atoms with Crippen LogP contribution >= 0.6 is 0 Å². The van der Waals surface area contributed by atoms with Gasteiger partial charge in [-0.1, -0.05) is 42.5 Å². The SMILES string of the molecule is COc1ccc([C@H](CC(N)=O)c2ccccc2)cc1. The minimum atomic E-state index is -0.301. The molecule has 2 N–H and O–H groups in total. The number of hydrogen-bond acceptors (Lipinski definition) is 2. The summed E-state index contributed by atoms with van der Waals surface area (Å²) in [7, 11) is 1.63. The number of amides is 1. The maximum atomic E-state index is 11.3. The highest BCUT2D eigenvalue weighted by atomic mass is 16.5. The van der Waals surface area contributed by atoms with E-state index >= 15 is 0 Å². The molecule has 0 bridgehead atoms. The Morgan fingerprint density at radius 3 is 2.16 bits per heavy atom. The van der Waals surface area contributed by atoms with Crippen molar-refractivity contribution in [2.45, 2.75) is 12.3 Å². The largest absolute Gasteiger partial charge is 0.497 e. The summed E-state index contributed by atoms with van der Waals surface area (Å²) < 4.78 is 5.14. The van der Waals surface area contributed by atoms with Crippen LogP contribution in [0.2, 0.25) is 0 Å². The van der Waals surface area contributed by atoms with E-state index in [0.29, 0.717) is 6.42 Å². The zero-order valence-corrected chi connectivity index (χ0v) is 10.9. The molecule has 2 rings (SSSR count). The molecular weight excluding hydrogens is 238 g/mol. The van der Waals surface area contributed by atoms with Crippen molar-refractivity contribution in [2.75, 3.05) is 7.11 Å². The Kier molecular flexibility index (Phi) is 4.18. The number of carbonyl (C=O) groups excluding carboxylic acids is 1. The van der Waals surface area contributed by atoms with Crippen molar-refractivity contribution in [3.63, 3.8) is 0 Å². The lowest BCUT2D eigenvalue weighted by Crippen LogP contribution is -2.16. The number of carbonyl (C=O) groups is 1. The maximum Gasteiger partial charge on any atom is 0.218 e. The summed E-state index contributed by atoms with van der Waals surface area (Å²) >= 11 is 0. The first-order valence-electron chi connectivity index (χ1n) is 6.18. The number of methoxy groups -OCH3 is 1. The normalized spacial score (nSPS) is 11.8. The summed E-state index contributed by atoms with van der Waals surface area (Å²) in [5.74, 6) is 0.490. The smallest absolute Gasteiger partial charge is 0.218 e. The fourth-order valence-electron chi connectivity index (χ4n) is 2.15. The summed E-state index contributed by atoms with van der Waals surface area (Å²) in [6, 6.07) is 17.6. The Balaban J connectivity index is 2.34. The van der Waals surface area contributed by atoms with E-state index in [-0.39, 0.29) is 11.8 Å². The lowest BCUT2D eigenvalue weighted by atomic mass is 9.88. The van der Waals surface area contributed by atoms with Gasteiger partial charge in [0.2, 0.25) is 5.91 Å². The van der Waals surface area contributed by atoms with Crippen LogP contribution in [0.3, 0.4) is 0 Å². The molecule has 0 aromatic heterocycles. The Morgan fingerprint density at radius 2 is 1.63 bits per heavy atom. The second kappa shape index (κ2) is 6.05. The third kappa shape index (κ3) is 3.35. The van der Waals surface area contributed by atoms with Crippen molar-refractivity contribution >= 4 is 5.91 Å². The molecule has 0 unspecified atom stereocenters. The van der Waals surface area contributed by atoms with Crippen LogP contribution in [0.25, 0.3) is 0 Å². The van der Waals surface area contributed by atoms with Gasteiger partial charge in [-0.05, 0) is 23.3 Å². The summed E-state index contributed by atoms with van der Waals surface area (Å²) in [5.41, 5.74) is 7.51. The van der Waals surface area contributed by atoms with Crippen molar-refractivity contribution in [1.29, 1.82) is 0 Å². The van der Waals surface area contributed by atoms with Crippen LogP contribution in [-0.2, 0) is 4.79 Å². The van der Waals surface area contributed by atoms with Crippen LogP contribution in [0, 0.1) is 0 Å². The highest BCUT2D eigenvalue weighted by Gasteiger charge is 2.16. The first kappa shape index (κ1) is 13.1. The minimum absolute atomic E-state index is 0.00962. The first-order chi connectivity index (χ1) is 9.20. The monoisotopic (exact) mass is 255 g/mol. The van der Waals surface area contributed by atoms with Crippen LogP contribution in [0.4, 0.5) is 0 Å². The molecule has 3 heteroatoms. The Bertz CT molecular complexity index is 534. The van der Waals surface area contributed by atoms with Gasteiger partial charge in [-0.2, -0.15) is 0 Å². The number of benzene rings is 2. The average Bonchev–Trinajstić information content (AvgIpc) is 2.46. The summed E-state index contributed by atoms with van der Waals surface area (Å²) in [6.07, 6.45) is 0.302. The molecular formula is C16H17NO2. The van der Waals surface area contributed by atoms with Crippen molar-refractivity contribution < 1.29 is 9.53 Å². The van der Waals surface area contributed by atoms with Gasteiger partial charge < -0.3 is 10.5 Å². The second-order valence-electron chi connectivity index (χ2n) is 4.41. The minimum Gasteiger partial charge on any atom is -0.497 e. The van der Waals surface area contributed by atoms with E-state index in [1.807, 2.05) is 54.6 Å². The molecule has 0 saturated heterocycles. The van der Waals surface area contributed by atoms with Gasteiger partial charge in [0, 0.05) is 12.3 Å². The van der Waals surface area contributed by atoms with Crippen molar-refractivity contribution in [1.82, 2.24) is 0 Å². The third-order valence-electron chi connectivity index (χ3n) is 3.13. The van der Waals surface area contributed by atoms with E-state index in [4.69, 9.17) is 10.5 Å². The van der Waals surface area contributed by atoms with Gasteiger partial charge >= 0.3 is 0 Å². The molecule has 2 aromatic carbocycles. The lowest BCUT2D eigenvalue weighted by molar-refractivity contribution is -0.118. The molecule has 0 aliphatic carbocycles. The van der Waals surface area contributed by atoms with Crippen LogP contribution in [0.15, 0.2) is 54.6 Å². The van der Waals surface area contributed by atoms with E-state index in [9.17, 15) is 4.79 Å². The highest BCUT2D eigenvalue weighted by molar-refractivity contribution is 5.75. The second-order valence-corrected chi connectivity index (χ2v) is 4.41. The van der Waals surface area contributed by atoms with Crippen molar-refractivity contribution in [3.8, 4) is 5.75 Å². The molecule has 98 valence electrons. The predicted octanol–water partition coefficient (Wildman–Crippen LogP) is 2.70. The van der Waals surface area contributed by atoms with E-state index in [1.165, 1.54) is 0 Å². The van der Waals surface area contributed by atoms with Gasteiger partial charge in [-0.3, -0.25) is 4.79 Å². The van der Waals surface area contributed by atoms with Crippen molar-refractivity contribution in [2.24, 2.45) is 5.73 Å². The molecule has 2 aromatic rings. The number of ether oxygens (including phenoxy) is 1. The van der Waals surface area contributed by atoms with Crippen LogP contribution in [0.1, 0.15) is 23.5 Å². The van der Waals surface area contributed by atoms with Gasteiger partial charge in [0.15, 0.2) is 0 Å². The molecule has 0 heterocycles. The summed E-state index contributed by atoms with van der Waals surface area (Å²) in [6.45, 7) is 0. The quantitative estimate of drug-likeness (QED) is 0.893. The van der Waals surface area contributed by atoms with Gasteiger partial charge in [0.1, 0.15) is 5.75 Å². The Labute approximate surface area is 113 Å². The molecule has 0 radical (unpaired) electrons. The Hall–Kier alpha value is -2.29. The zero-order chi connectivity index (χ0) is 13.7. The first-order valence-corrected chi connectivity index (χ1v) is 6.18. The zero-order valence-electron chi connectivity index (χ0n) is 10.9. The summed E-state index contributed by atoms with van der Waals surface area (Å²) in [5, 5.41) is 0. The molecule has 0 aliphatic heterocycles. The molecule has 1 atom stereocenters. The average molecular weight is 255 g/mol. The van der Waals surface area contributed by atoms with Crippen LogP contribution in [0.5, 0.6) is 5.75 Å². The number of nitrogens with two attached hydrogens (primary N) is 1.